The van der Waals surface area contributed by atoms with Crippen LogP contribution in [0, 0.1) is 0 Å². The van der Waals surface area contributed by atoms with Crippen molar-refractivity contribution in [3.05, 3.63) is 0 Å². The summed E-state index contributed by atoms with van der Waals surface area (Å²) < 4.78 is 0. The molecule has 2 amide bonds. The Morgan fingerprint density at radius 2 is 2.00 bits per heavy atom. The zero-order valence-corrected chi connectivity index (χ0v) is 7.50. The number of carbonyl (C=O) groups is 1. The second kappa shape index (κ2) is 4.96. The zero-order chi connectivity index (χ0) is 8.85. The van der Waals surface area contributed by atoms with Crippen molar-refractivity contribution in [2.75, 3.05) is 33.7 Å². The highest BCUT2D eigenvalue weighted by Crippen LogP contribution is 1.92. The van der Waals surface area contributed by atoms with E-state index in [0.717, 1.165) is 0 Å². The maximum Gasteiger partial charge on any atom is 0.319 e. The molecule has 0 aromatic heterocycles. The van der Waals surface area contributed by atoms with Gasteiger partial charge in [-0.05, 0) is 6.92 Å². The number of urea groups is 1. The molecule has 66 valence electrons. The van der Waals surface area contributed by atoms with Crippen LogP contribution in [-0.4, -0.2) is 49.6 Å². The van der Waals surface area contributed by atoms with Gasteiger partial charge < -0.3 is 15.5 Å². The van der Waals surface area contributed by atoms with Crippen molar-refractivity contribution in [2.45, 2.75) is 6.92 Å². The summed E-state index contributed by atoms with van der Waals surface area (Å²) in [5.74, 6) is 0. The first-order valence-corrected chi connectivity index (χ1v) is 3.79. The van der Waals surface area contributed by atoms with E-state index in [1.54, 1.807) is 23.9 Å². The lowest BCUT2D eigenvalue weighted by molar-refractivity contribution is 0.175. The van der Waals surface area contributed by atoms with Crippen LogP contribution in [0.4, 0.5) is 4.79 Å². The summed E-state index contributed by atoms with van der Waals surface area (Å²) in [5, 5.41) is 0. The summed E-state index contributed by atoms with van der Waals surface area (Å²) >= 11 is 0. The second-order valence-corrected chi connectivity index (χ2v) is 2.55. The number of amides is 2. The van der Waals surface area contributed by atoms with Gasteiger partial charge in [-0.15, -0.1) is 0 Å². The molecule has 2 N–H and O–H groups in total. The summed E-state index contributed by atoms with van der Waals surface area (Å²) in [6, 6.07) is 0.0259. The molecule has 0 bridgehead atoms. The molecule has 0 saturated carbocycles. The summed E-state index contributed by atoms with van der Waals surface area (Å²) in [6.07, 6.45) is 0. The normalized spacial score (nSPS) is 9.45. The summed E-state index contributed by atoms with van der Waals surface area (Å²) in [5.41, 5.74) is 5.33. The molecule has 0 unspecified atom stereocenters. The predicted octanol–water partition coefficient (Wildman–Crippen LogP) is -0.0514. The van der Waals surface area contributed by atoms with Crippen LogP contribution in [0.3, 0.4) is 0 Å². The monoisotopic (exact) mass is 159 g/mol. The molecular formula is C7H17N3O. The highest BCUT2D eigenvalue weighted by Gasteiger charge is 2.11. The first-order chi connectivity index (χ1) is 5.13. The SMILES string of the molecule is CCN(CCN)C(=O)N(C)C. The van der Waals surface area contributed by atoms with Gasteiger partial charge in [0.2, 0.25) is 0 Å². The van der Waals surface area contributed by atoms with Gasteiger partial charge in [0.15, 0.2) is 0 Å². The topological polar surface area (TPSA) is 49.6 Å². The minimum absolute atomic E-state index is 0.0259. The van der Waals surface area contributed by atoms with Crippen molar-refractivity contribution in [1.29, 1.82) is 0 Å². The number of nitrogens with zero attached hydrogens (tertiary/aromatic N) is 2. The van der Waals surface area contributed by atoms with E-state index in [2.05, 4.69) is 0 Å². The molecule has 0 spiro atoms. The molecule has 0 rings (SSSR count). The van der Waals surface area contributed by atoms with Crippen LogP contribution < -0.4 is 5.73 Å². The molecular weight excluding hydrogens is 142 g/mol. The Hall–Kier alpha value is -0.770. The number of hydrogen-bond acceptors (Lipinski definition) is 2. The quantitative estimate of drug-likeness (QED) is 0.627. The molecule has 0 aliphatic heterocycles. The third-order valence-electron chi connectivity index (χ3n) is 1.43. The molecule has 0 fully saturated rings. The van der Waals surface area contributed by atoms with Crippen LogP contribution >= 0.6 is 0 Å². The Balaban J connectivity index is 3.92. The number of carbonyl (C=O) groups excluding carboxylic acids is 1. The molecule has 0 radical (unpaired) electrons. The van der Waals surface area contributed by atoms with E-state index in [1.165, 1.54) is 0 Å². The van der Waals surface area contributed by atoms with Gasteiger partial charge in [0.1, 0.15) is 0 Å². The maximum absolute atomic E-state index is 11.3. The van der Waals surface area contributed by atoms with Crippen LogP contribution in [0.15, 0.2) is 0 Å². The third kappa shape index (κ3) is 3.23. The maximum atomic E-state index is 11.3. The van der Waals surface area contributed by atoms with E-state index in [9.17, 15) is 4.79 Å². The number of nitrogens with two attached hydrogens (primary N) is 1. The largest absolute Gasteiger partial charge is 0.331 e. The van der Waals surface area contributed by atoms with E-state index in [1.807, 2.05) is 6.92 Å². The molecule has 0 aromatic rings. The lowest BCUT2D eigenvalue weighted by atomic mass is 10.5. The van der Waals surface area contributed by atoms with Crippen LogP contribution in [0.5, 0.6) is 0 Å². The van der Waals surface area contributed by atoms with E-state index < -0.39 is 0 Å². The van der Waals surface area contributed by atoms with E-state index >= 15 is 0 Å². The fourth-order valence-electron chi connectivity index (χ4n) is 0.828. The lowest BCUT2D eigenvalue weighted by Crippen LogP contribution is -2.41. The molecule has 4 heteroatoms. The van der Waals surface area contributed by atoms with Crippen molar-refractivity contribution < 1.29 is 4.79 Å². The molecule has 0 aliphatic carbocycles. The highest BCUT2D eigenvalue weighted by molar-refractivity contribution is 5.73. The number of hydrogen-bond donors (Lipinski definition) is 1. The summed E-state index contributed by atoms with van der Waals surface area (Å²) in [7, 11) is 3.48. The third-order valence-corrected chi connectivity index (χ3v) is 1.43. The summed E-state index contributed by atoms with van der Waals surface area (Å²) in [6.45, 7) is 3.81. The van der Waals surface area contributed by atoms with Crippen molar-refractivity contribution in [2.24, 2.45) is 5.73 Å². The van der Waals surface area contributed by atoms with Crippen LogP contribution in [0.2, 0.25) is 0 Å². The average Bonchev–Trinajstić information content (AvgIpc) is 1.98. The summed E-state index contributed by atoms with van der Waals surface area (Å²) in [4.78, 5) is 14.5. The Morgan fingerprint density at radius 1 is 1.45 bits per heavy atom. The minimum atomic E-state index is 0.0259. The first-order valence-electron chi connectivity index (χ1n) is 3.79. The molecule has 0 atom stereocenters. The highest BCUT2D eigenvalue weighted by atomic mass is 16.2. The zero-order valence-electron chi connectivity index (χ0n) is 7.50. The van der Waals surface area contributed by atoms with Crippen LogP contribution in [0.25, 0.3) is 0 Å². The van der Waals surface area contributed by atoms with Crippen molar-refractivity contribution in [3.63, 3.8) is 0 Å². The van der Waals surface area contributed by atoms with Gasteiger partial charge in [-0.2, -0.15) is 0 Å². The Morgan fingerprint density at radius 3 is 2.27 bits per heavy atom. The van der Waals surface area contributed by atoms with E-state index in [-0.39, 0.29) is 6.03 Å². The predicted molar refractivity (Wildman–Crippen MR) is 45.4 cm³/mol. The number of likely N-dealkylation sites (N-methyl/N-ethyl adjacent to an activating group) is 1. The van der Waals surface area contributed by atoms with Crippen molar-refractivity contribution in [1.82, 2.24) is 9.80 Å². The van der Waals surface area contributed by atoms with E-state index in [0.29, 0.717) is 19.6 Å². The molecule has 11 heavy (non-hydrogen) atoms. The van der Waals surface area contributed by atoms with Crippen LogP contribution in [-0.2, 0) is 0 Å². The molecule has 0 aromatic carbocycles. The van der Waals surface area contributed by atoms with Gasteiger partial charge in [-0.1, -0.05) is 0 Å². The smallest absolute Gasteiger partial charge is 0.319 e. The Bertz CT molecular complexity index is 125. The average molecular weight is 159 g/mol. The minimum Gasteiger partial charge on any atom is -0.331 e. The standard InChI is InChI=1S/C7H17N3O/c1-4-10(6-5-8)7(11)9(2)3/h4-6,8H2,1-3H3. The van der Waals surface area contributed by atoms with Gasteiger partial charge >= 0.3 is 6.03 Å². The van der Waals surface area contributed by atoms with Crippen LogP contribution in [0.1, 0.15) is 6.92 Å². The lowest BCUT2D eigenvalue weighted by Gasteiger charge is -2.23. The van der Waals surface area contributed by atoms with E-state index in [4.69, 9.17) is 5.73 Å². The first kappa shape index (κ1) is 10.2. The second-order valence-electron chi connectivity index (χ2n) is 2.55. The molecule has 4 nitrogen and oxygen atoms in total. The fourth-order valence-corrected chi connectivity index (χ4v) is 0.828. The Kier molecular flexibility index (Phi) is 4.61. The van der Waals surface area contributed by atoms with Gasteiger partial charge in [-0.25, -0.2) is 4.79 Å². The van der Waals surface area contributed by atoms with Gasteiger partial charge in [-0.3, -0.25) is 0 Å². The Labute approximate surface area is 67.9 Å². The number of rotatable bonds is 3. The molecule has 0 heterocycles. The van der Waals surface area contributed by atoms with Crippen molar-refractivity contribution >= 4 is 6.03 Å². The van der Waals surface area contributed by atoms with Gasteiger partial charge in [0, 0.05) is 33.7 Å². The van der Waals surface area contributed by atoms with Gasteiger partial charge in [0.25, 0.3) is 0 Å². The van der Waals surface area contributed by atoms with Crippen molar-refractivity contribution in [3.8, 4) is 0 Å². The molecule has 0 aliphatic rings. The molecule has 0 saturated heterocycles. The van der Waals surface area contributed by atoms with Gasteiger partial charge in [0.05, 0.1) is 0 Å². The fraction of sp³-hybridized carbons (Fsp3) is 0.857.